The third-order valence-corrected chi connectivity index (χ3v) is 6.02. The number of hydrogen-bond donors (Lipinski definition) is 1. The van der Waals surface area contributed by atoms with Crippen LogP contribution < -0.4 is 9.62 Å². The minimum atomic E-state index is -3.35. The van der Waals surface area contributed by atoms with Crippen molar-refractivity contribution in [1.29, 1.82) is 0 Å². The standard InChI is InChI=1S/C22H26N2O5S/c1-15(2)29-21(25)14-19(16-7-5-4-6-8-16)23-22(26)18-9-10-20-17(13-18)11-12-24(20)30(3,27)28/h4-10,13,15,19H,11-12,14H2,1-3H3,(H,23,26). The molecule has 7 nitrogen and oxygen atoms in total. The van der Waals surface area contributed by atoms with Crippen molar-refractivity contribution in [3.8, 4) is 0 Å². The molecule has 1 atom stereocenters. The summed E-state index contributed by atoms with van der Waals surface area (Å²) in [6.45, 7) is 3.92. The van der Waals surface area contributed by atoms with Crippen LogP contribution in [0.25, 0.3) is 0 Å². The van der Waals surface area contributed by atoms with Gasteiger partial charge in [-0.05, 0) is 49.6 Å². The minimum Gasteiger partial charge on any atom is -0.463 e. The van der Waals surface area contributed by atoms with Gasteiger partial charge in [0.1, 0.15) is 0 Å². The lowest BCUT2D eigenvalue weighted by atomic mass is 10.0. The maximum absolute atomic E-state index is 12.9. The molecule has 0 saturated heterocycles. The number of sulfonamides is 1. The number of esters is 1. The molecule has 1 heterocycles. The summed E-state index contributed by atoms with van der Waals surface area (Å²) in [5, 5.41) is 2.91. The van der Waals surface area contributed by atoms with Crippen molar-refractivity contribution in [2.45, 2.75) is 38.8 Å². The highest BCUT2D eigenvalue weighted by atomic mass is 32.2. The lowest BCUT2D eigenvalue weighted by Crippen LogP contribution is -2.31. The maximum Gasteiger partial charge on any atom is 0.308 e. The summed E-state index contributed by atoms with van der Waals surface area (Å²) in [5.74, 6) is -0.723. The summed E-state index contributed by atoms with van der Waals surface area (Å²) in [4.78, 5) is 25.1. The Kier molecular flexibility index (Phi) is 6.45. The molecule has 2 aromatic carbocycles. The minimum absolute atomic E-state index is 0.0146. The van der Waals surface area contributed by atoms with E-state index in [0.717, 1.165) is 11.1 Å². The largest absolute Gasteiger partial charge is 0.463 e. The van der Waals surface area contributed by atoms with Crippen LogP contribution in [-0.2, 0) is 26.0 Å². The predicted octanol–water partition coefficient (Wildman–Crippen LogP) is 2.82. The van der Waals surface area contributed by atoms with E-state index in [1.54, 1.807) is 32.0 Å². The molecule has 0 bridgehead atoms. The van der Waals surface area contributed by atoms with Crippen molar-refractivity contribution >= 4 is 27.6 Å². The Labute approximate surface area is 177 Å². The predicted molar refractivity (Wildman–Crippen MR) is 115 cm³/mol. The van der Waals surface area contributed by atoms with Crippen LogP contribution in [-0.4, -0.2) is 39.2 Å². The average molecular weight is 431 g/mol. The summed E-state index contributed by atoms with van der Waals surface area (Å²) in [7, 11) is -3.35. The normalized spacial score (nSPS) is 14.3. The lowest BCUT2D eigenvalue weighted by Gasteiger charge is -2.20. The monoisotopic (exact) mass is 430 g/mol. The molecular formula is C22H26N2O5S. The third-order valence-electron chi connectivity index (χ3n) is 4.84. The first kappa shape index (κ1) is 21.8. The van der Waals surface area contributed by atoms with E-state index in [0.29, 0.717) is 24.2 Å². The molecule has 1 amide bonds. The van der Waals surface area contributed by atoms with Gasteiger partial charge in [0.05, 0.1) is 30.5 Å². The van der Waals surface area contributed by atoms with Crippen LogP contribution in [0.2, 0.25) is 0 Å². The Hall–Kier alpha value is -2.87. The first-order valence-electron chi connectivity index (χ1n) is 9.81. The number of ether oxygens (including phenoxy) is 1. The van der Waals surface area contributed by atoms with Crippen LogP contribution >= 0.6 is 0 Å². The van der Waals surface area contributed by atoms with Gasteiger partial charge >= 0.3 is 5.97 Å². The summed E-state index contributed by atoms with van der Waals surface area (Å²) >= 11 is 0. The van der Waals surface area contributed by atoms with Gasteiger partial charge in [-0.2, -0.15) is 0 Å². The Morgan fingerprint density at radius 1 is 1.13 bits per heavy atom. The summed E-state index contributed by atoms with van der Waals surface area (Å²) in [6.07, 6.45) is 1.50. The Balaban J connectivity index is 1.80. The highest BCUT2D eigenvalue weighted by molar-refractivity contribution is 7.92. The van der Waals surface area contributed by atoms with Crippen LogP contribution in [0.5, 0.6) is 0 Å². The molecule has 1 aliphatic rings. The van der Waals surface area contributed by atoms with Gasteiger partial charge in [-0.25, -0.2) is 8.42 Å². The Bertz CT molecular complexity index is 1030. The van der Waals surface area contributed by atoms with Crippen LogP contribution in [0.1, 0.15) is 47.8 Å². The first-order chi connectivity index (χ1) is 14.1. The fourth-order valence-corrected chi connectivity index (χ4v) is 4.47. The zero-order valence-corrected chi connectivity index (χ0v) is 18.1. The molecular weight excluding hydrogens is 404 g/mol. The van der Waals surface area contributed by atoms with Crippen molar-refractivity contribution in [1.82, 2.24) is 5.32 Å². The number of amides is 1. The molecule has 0 saturated carbocycles. The number of nitrogens with zero attached hydrogens (tertiary/aromatic N) is 1. The molecule has 160 valence electrons. The van der Waals surface area contributed by atoms with Gasteiger partial charge in [0.25, 0.3) is 5.91 Å². The smallest absolute Gasteiger partial charge is 0.308 e. The molecule has 1 N–H and O–H groups in total. The fraction of sp³-hybridized carbons (Fsp3) is 0.364. The Morgan fingerprint density at radius 3 is 2.47 bits per heavy atom. The van der Waals surface area contributed by atoms with Crippen molar-refractivity contribution in [2.24, 2.45) is 0 Å². The van der Waals surface area contributed by atoms with Crippen LogP contribution in [0, 0.1) is 0 Å². The van der Waals surface area contributed by atoms with Crippen molar-refractivity contribution in [3.63, 3.8) is 0 Å². The number of fused-ring (bicyclic) bond motifs is 1. The molecule has 3 rings (SSSR count). The van der Waals surface area contributed by atoms with Crippen LogP contribution in [0.3, 0.4) is 0 Å². The van der Waals surface area contributed by atoms with Crippen LogP contribution in [0.4, 0.5) is 5.69 Å². The number of nitrogens with one attached hydrogen (secondary N) is 1. The van der Waals surface area contributed by atoms with Crippen molar-refractivity contribution < 1.29 is 22.7 Å². The zero-order valence-electron chi connectivity index (χ0n) is 17.3. The SMILES string of the molecule is CC(C)OC(=O)CC(NC(=O)c1ccc2c(c1)CCN2S(C)(=O)=O)c1ccccc1. The number of carbonyl (C=O) groups is 2. The summed E-state index contributed by atoms with van der Waals surface area (Å²) in [6, 6.07) is 13.7. The number of carbonyl (C=O) groups excluding carboxylic acids is 2. The van der Waals surface area contributed by atoms with Gasteiger partial charge < -0.3 is 10.1 Å². The lowest BCUT2D eigenvalue weighted by molar-refractivity contribution is -0.147. The summed E-state index contributed by atoms with van der Waals surface area (Å²) in [5.41, 5.74) is 2.64. The fourth-order valence-electron chi connectivity index (χ4n) is 3.51. The molecule has 0 radical (unpaired) electrons. The van der Waals surface area contributed by atoms with E-state index >= 15 is 0 Å². The van der Waals surface area contributed by atoms with E-state index in [4.69, 9.17) is 4.74 Å². The van der Waals surface area contributed by atoms with Gasteiger partial charge in [-0.15, -0.1) is 0 Å². The second kappa shape index (κ2) is 8.87. The zero-order chi connectivity index (χ0) is 21.9. The van der Waals surface area contributed by atoms with E-state index in [9.17, 15) is 18.0 Å². The molecule has 1 aliphatic heterocycles. The first-order valence-corrected chi connectivity index (χ1v) is 11.7. The molecule has 8 heteroatoms. The molecule has 0 spiro atoms. The molecule has 30 heavy (non-hydrogen) atoms. The topological polar surface area (TPSA) is 92.8 Å². The van der Waals surface area contributed by atoms with Gasteiger partial charge in [-0.3, -0.25) is 13.9 Å². The maximum atomic E-state index is 12.9. The molecule has 0 fully saturated rings. The second-order valence-corrected chi connectivity index (χ2v) is 9.51. The van der Waals surface area contributed by atoms with E-state index in [1.165, 1.54) is 10.6 Å². The number of rotatable bonds is 7. The second-order valence-electron chi connectivity index (χ2n) is 7.61. The van der Waals surface area contributed by atoms with E-state index in [-0.39, 0.29) is 18.4 Å². The van der Waals surface area contributed by atoms with Gasteiger partial charge in [0.2, 0.25) is 10.0 Å². The van der Waals surface area contributed by atoms with Gasteiger partial charge in [0, 0.05) is 12.1 Å². The third kappa shape index (κ3) is 5.18. The molecule has 0 aliphatic carbocycles. The molecule has 2 aromatic rings. The summed E-state index contributed by atoms with van der Waals surface area (Å²) < 4.78 is 30.4. The average Bonchev–Trinajstić information content (AvgIpc) is 3.11. The molecule has 1 unspecified atom stereocenters. The van der Waals surface area contributed by atoms with Crippen molar-refractivity contribution in [2.75, 3.05) is 17.1 Å². The number of anilines is 1. The van der Waals surface area contributed by atoms with Crippen LogP contribution in [0.15, 0.2) is 48.5 Å². The number of hydrogen-bond acceptors (Lipinski definition) is 5. The quantitative estimate of drug-likeness (QED) is 0.682. The van der Waals surface area contributed by atoms with E-state index in [1.807, 2.05) is 30.3 Å². The van der Waals surface area contributed by atoms with E-state index < -0.39 is 22.0 Å². The van der Waals surface area contributed by atoms with Gasteiger partial charge in [0.15, 0.2) is 0 Å². The Morgan fingerprint density at radius 2 is 1.83 bits per heavy atom. The highest BCUT2D eigenvalue weighted by Gasteiger charge is 2.27. The van der Waals surface area contributed by atoms with Crippen molar-refractivity contribution in [3.05, 3.63) is 65.2 Å². The van der Waals surface area contributed by atoms with E-state index in [2.05, 4.69) is 5.32 Å². The highest BCUT2D eigenvalue weighted by Crippen LogP contribution is 2.31. The van der Waals surface area contributed by atoms with Gasteiger partial charge in [-0.1, -0.05) is 30.3 Å². The number of benzene rings is 2. The molecule has 0 aromatic heterocycles.